The predicted octanol–water partition coefficient (Wildman–Crippen LogP) is 3.41. The molecule has 1 amide bonds. The third-order valence-electron chi connectivity index (χ3n) is 6.81. The van der Waals surface area contributed by atoms with Crippen molar-refractivity contribution in [2.45, 2.75) is 31.2 Å². The molecule has 0 saturated carbocycles. The average Bonchev–Trinajstić information content (AvgIpc) is 2.77. The number of rotatable bonds is 7. The molecular weight excluding hydrogens is 374 g/mol. The summed E-state index contributed by atoms with van der Waals surface area (Å²) in [7, 11) is 6.08. The highest BCUT2D eigenvalue weighted by atomic mass is 16.3. The quantitative estimate of drug-likeness (QED) is 0.736. The highest BCUT2D eigenvalue weighted by Crippen LogP contribution is 2.39. The fourth-order valence-electron chi connectivity index (χ4n) is 4.81. The van der Waals surface area contributed by atoms with Gasteiger partial charge in [0.2, 0.25) is 5.91 Å². The lowest BCUT2D eigenvalue weighted by Crippen LogP contribution is -2.53. The summed E-state index contributed by atoms with van der Waals surface area (Å²) < 4.78 is 0. The van der Waals surface area contributed by atoms with Crippen LogP contribution in [0.3, 0.4) is 0 Å². The number of phenols is 1. The molecule has 1 aliphatic heterocycles. The van der Waals surface area contributed by atoms with Gasteiger partial charge in [0, 0.05) is 25.2 Å². The molecule has 3 rings (SSSR count). The highest BCUT2D eigenvalue weighted by Gasteiger charge is 2.41. The van der Waals surface area contributed by atoms with Gasteiger partial charge in [0.1, 0.15) is 5.75 Å². The molecule has 30 heavy (non-hydrogen) atoms. The Morgan fingerprint density at radius 1 is 1.13 bits per heavy atom. The second-order valence-electron chi connectivity index (χ2n) is 8.67. The Balaban J connectivity index is 1.77. The van der Waals surface area contributed by atoms with Gasteiger partial charge in [-0.05, 0) is 63.2 Å². The van der Waals surface area contributed by atoms with Crippen molar-refractivity contribution in [1.29, 1.82) is 0 Å². The summed E-state index contributed by atoms with van der Waals surface area (Å²) in [6, 6.07) is 17.8. The summed E-state index contributed by atoms with van der Waals surface area (Å²) in [5.74, 6) is 0.574. The number of aromatic hydroxyl groups is 1. The van der Waals surface area contributed by atoms with Crippen LogP contribution < -0.4 is 5.32 Å². The number of phenolic OH excluding ortho intramolecular Hbond substituents is 1. The van der Waals surface area contributed by atoms with Crippen molar-refractivity contribution in [2.75, 3.05) is 40.8 Å². The standard InChI is InChI=1S/C25H35N3O2/c1-19(20-9-6-5-7-10-20)23(18-26-2)24(30)28-15-13-25(14-16-28,27(3)4)21-11-8-12-22(29)17-21/h5-12,17,19,23,26,29H,13-16,18H2,1-4H3/t19-,23+/m0/s1. The molecule has 5 nitrogen and oxygen atoms in total. The Bertz CT molecular complexity index is 829. The van der Waals surface area contributed by atoms with E-state index in [0.29, 0.717) is 19.6 Å². The van der Waals surface area contributed by atoms with Crippen LogP contribution in [-0.2, 0) is 10.3 Å². The third kappa shape index (κ3) is 4.52. The van der Waals surface area contributed by atoms with Crippen molar-refractivity contribution in [2.24, 2.45) is 5.92 Å². The molecule has 5 heteroatoms. The summed E-state index contributed by atoms with van der Waals surface area (Å²) in [5.41, 5.74) is 2.15. The van der Waals surface area contributed by atoms with E-state index in [-0.39, 0.29) is 29.0 Å². The lowest BCUT2D eigenvalue weighted by molar-refractivity contribution is -0.138. The molecule has 1 heterocycles. The van der Waals surface area contributed by atoms with Crippen LogP contribution in [0.25, 0.3) is 0 Å². The van der Waals surface area contributed by atoms with E-state index < -0.39 is 0 Å². The maximum atomic E-state index is 13.5. The van der Waals surface area contributed by atoms with Crippen LogP contribution in [0.4, 0.5) is 0 Å². The van der Waals surface area contributed by atoms with Crippen molar-refractivity contribution in [3.8, 4) is 5.75 Å². The molecule has 2 aromatic rings. The zero-order valence-electron chi connectivity index (χ0n) is 18.6. The number of carbonyl (C=O) groups is 1. The van der Waals surface area contributed by atoms with Gasteiger partial charge in [-0.15, -0.1) is 0 Å². The minimum Gasteiger partial charge on any atom is -0.508 e. The molecule has 1 saturated heterocycles. The molecule has 0 spiro atoms. The van der Waals surface area contributed by atoms with Crippen LogP contribution in [0.2, 0.25) is 0 Å². The molecule has 0 aromatic heterocycles. The summed E-state index contributed by atoms with van der Waals surface area (Å²) in [4.78, 5) is 17.8. The van der Waals surface area contributed by atoms with E-state index in [1.165, 1.54) is 5.56 Å². The number of piperidine rings is 1. The number of nitrogens with zero attached hydrogens (tertiary/aromatic N) is 2. The average molecular weight is 410 g/mol. The summed E-state index contributed by atoms with van der Waals surface area (Å²) in [5, 5.41) is 13.2. The normalized spacial score (nSPS) is 18.2. The van der Waals surface area contributed by atoms with E-state index >= 15 is 0 Å². The van der Waals surface area contributed by atoms with Gasteiger partial charge in [-0.1, -0.05) is 49.4 Å². The van der Waals surface area contributed by atoms with Gasteiger partial charge in [-0.25, -0.2) is 0 Å². The maximum absolute atomic E-state index is 13.5. The second kappa shape index (κ2) is 9.63. The number of hydrogen-bond acceptors (Lipinski definition) is 4. The molecule has 2 aromatic carbocycles. The molecule has 0 aliphatic carbocycles. The van der Waals surface area contributed by atoms with E-state index in [4.69, 9.17) is 0 Å². The molecule has 1 aliphatic rings. The first-order valence-corrected chi connectivity index (χ1v) is 10.8. The number of likely N-dealkylation sites (tertiary alicyclic amines) is 1. The minimum atomic E-state index is -0.168. The van der Waals surface area contributed by atoms with Crippen molar-refractivity contribution in [3.63, 3.8) is 0 Å². The van der Waals surface area contributed by atoms with Crippen LogP contribution in [0, 0.1) is 5.92 Å². The van der Waals surface area contributed by atoms with Crippen LogP contribution >= 0.6 is 0 Å². The Kier molecular flexibility index (Phi) is 7.16. The molecule has 0 radical (unpaired) electrons. The van der Waals surface area contributed by atoms with E-state index in [2.05, 4.69) is 49.4 Å². The highest BCUT2D eigenvalue weighted by molar-refractivity contribution is 5.80. The first kappa shape index (κ1) is 22.3. The number of carbonyl (C=O) groups excluding carboxylic acids is 1. The van der Waals surface area contributed by atoms with Crippen molar-refractivity contribution in [3.05, 3.63) is 65.7 Å². The van der Waals surface area contributed by atoms with Crippen LogP contribution in [-0.4, -0.2) is 61.6 Å². The van der Waals surface area contributed by atoms with E-state index in [1.54, 1.807) is 6.07 Å². The van der Waals surface area contributed by atoms with Gasteiger partial charge >= 0.3 is 0 Å². The van der Waals surface area contributed by atoms with Crippen LogP contribution in [0.5, 0.6) is 5.75 Å². The number of benzene rings is 2. The number of amides is 1. The minimum absolute atomic E-state index is 0.0926. The lowest BCUT2D eigenvalue weighted by atomic mass is 9.79. The second-order valence-corrected chi connectivity index (χ2v) is 8.67. The molecule has 0 bridgehead atoms. The van der Waals surface area contributed by atoms with Gasteiger partial charge in [0.05, 0.1) is 5.92 Å². The van der Waals surface area contributed by atoms with Gasteiger partial charge in [0.25, 0.3) is 0 Å². The Hall–Kier alpha value is -2.37. The Morgan fingerprint density at radius 2 is 1.80 bits per heavy atom. The largest absolute Gasteiger partial charge is 0.508 e. The predicted molar refractivity (Wildman–Crippen MR) is 122 cm³/mol. The fourth-order valence-corrected chi connectivity index (χ4v) is 4.81. The zero-order chi connectivity index (χ0) is 21.7. The smallest absolute Gasteiger partial charge is 0.227 e. The number of nitrogens with one attached hydrogen (secondary N) is 1. The molecule has 0 unspecified atom stereocenters. The summed E-state index contributed by atoms with van der Waals surface area (Å²) >= 11 is 0. The van der Waals surface area contributed by atoms with Crippen LogP contribution in [0.1, 0.15) is 36.8 Å². The number of hydrogen-bond donors (Lipinski definition) is 2. The zero-order valence-corrected chi connectivity index (χ0v) is 18.6. The van der Waals surface area contributed by atoms with E-state index in [9.17, 15) is 9.90 Å². The van der Waals surface area contributed by atoms with Gasteiger partial charge in [-0.2, -0.15) is 0 Å². The Labute approximate surface area is 180 Å². The fraction of sp³-hybridized carbons (Fsp3) is 0.480. The first-order chi connectivity index (χ1) is 14.4. The topological polar surface area (TPSA) is 55.8 Å². The van der Waals surface area contributed by atoms with Crippen molar-refractivity contribution in [1.82, 2.24) is 15.1 Å². The molecular formula is C25H35N3O2. The van der Waals surface area contributed by atoms with Crippen LogP contribution in [0.15, 0.2) is 54.6 Å². The van der Waals surface area contributed by atoms with Crippen molar-refractivity contribution >= 4 is 5.91 Å². The lowest BCUT2D eigenvalue weighted by Gasteiger charge is -2.47. The molecule has 2 atom stereocenters. The maximum Gasteiger partial charge on any atom is 0.227 e. The van der Waals surface area contributed by atoms with Gasteiger partial charge < -0.3 is 15.3 Å². The van der Waals surface area contributed by atoms with E-state index in [1.807, 2.05) is 42.3 Å². The molecule has 2 N–H and O–H groups in total. The monoisotopic (exact) mass is 409 g/mol. The van der Waals surface area contributed by atoms with Gasteiger partial charge in [0.15, 0.2) is 0 Å². The van der Waals surface area contributed by atoms with Crippen molar-refractivity contribution < 1.29 is 9.90 Å². The molecule has 162 valence electrons. The first-order valence-electron chi connectivity index (χ1n) is 10.8. The molecule has 1 fully saturated rings. The summed E-state index contributed by atoms with van der Waals surface area (Å²) in [6.45, 7) is 4.25. The van der Waals surface area contributed by atoms with E-state index in [0.717, 1.165) is 18.4 Å². The SMILES string of the molecule is CNC[C@@H](C(=O)N1CCC(c2cccc(O)c2)(N(C)C)CC1)[C@@H](C)c1ccccc1. The third-order valence-corrected chi connectivity index (χ3v) is 6.81. The summed E-state index contributed by atoms with van der Waals surface area (Å²) in [6.07, 6.45) is 1.70. The Morgan fingerprint density at radius 3 is 2.37 bits per heavy atom. The van der Waals surface area contributed by atoms with Gasteiger partial charge in [-0.3, -0.25) is 9.69 Å².